The fourth-order valence-electron chi connectivity index (χ4n) is 1.05. The number of carboxylic acid groups (broad SMARTS) is 2. The average Bonchev–Trinajstić information content (AvgIpc) is 2.33. The van der Waals surface area contributed by atoms with E-state index in [4.69, 9.17) is 10.2 Å². The Morgan fingerprint density at radius 2 is 1.00 bits per heavy atom. The Balaban J connectivity index is -0.000000295. The number of carbonyl (C=O) groups excluding carboxylic acids is 4. The van der Waals surface area contributed by atoms with E-state index in [9.17, 15) is 29.4 Å². The molecule has 0 aromatic carbocycles. The third kappa shape index (κ3) is 25.1. The third-order valence-corrected chi connectivity index (χ3v) is 1.91. The van der Waals surface area contributed by atoms with E-state index >= 15 is 0 Å². The molecule has 0 saturated carbocycles. The summed E-state index contributed by atoms with van der Waals surface area (Å²) in [6.45, 7) is -0.169. The van der Waals surface area contributed by atoms with Gasteiger partial charge in [0.2, 0.25) is 0 Å². The summed E-state index contributed by atoms with van der Waals surface area (Å²) in [5.74, 6) is -3.51. The maximum Gasteiger partial charge on any atom is 2.00 e. The van der Waals surface area contributed by atoms with Gasteiger partial charge in [-0.2, -0.15) is 0 Å². The Labute approximate surface area is 162 Å². The number of hydrogen-bond acceptors (Lipinski definition) is 8. The number of carbonyl (C=O) groups is 4. The van der Waals surface area contributed by atoms with Crippen LogP contribution >= 0.6 is 0 Å². The van der Waals surface area contributed by atoms with Crippen molar-refractivity contribution in [2.24, 2.45) is 0 Å². The van der Waals surface area contributed by atoms with Gasteiger partial charge in [0.25, 0.3) is 0 Å². The van der Waals surface area contributed by atoms with E-state index in [1.807, 2.05) is 0 Å². The molecule has 0 amide bonds. The summed E-state index contributed by atoms with van der Waals surface area (Å²) in [6, 6.07) is 0. The van der Waals surface area contributed by atoms with Crippen LogP contribution in [0, 0.1) is 0 Å². The van der Waals surface area contributed by atoms with Gasteiger partial charge in [-0.1, -0.05) is 0 Å². The van der Waals surface area contributed by atoms with Crippen molar-refractivity contribution in [3.8, 4) is 0 Å². The van der Waals surface area contributed by atoms with Gasteiger partial charge in [-0.15, -0.1) is 0 Å². The fraction of sp³-hybridized carbons (Fsp3) is 0.667. The van der Waals surface area contributed by atoms with Crippen LogP contribution < -0.4 is 10.2 Å². The Kier molecular flexibility index (Phi) is 21.8. The third-order valence-electron chi connectivity index (χ3n) is 1.91. The molecule has 0 aliphatic heterocycles. The Morgan fingerprint density at radius 1 is 0.714 bits per heavy atom. The van der Waals surface area contributed by atoms with Crippen LogP contribution in [0.25, 0.3) is 0 Å². The van der Waals surface area contributed by atoms with E-state index in [-0.39, 0.29) is 74.9 Å². The minimum atomic E-state index is -1.36. The molecule has 0 rings (SSSR count). The van der Waals surface area contributed by atoms with Crippen molar-refractivity contribution in [2.45, 2.75) is 38.5 Å². The zero-order chi connectivity index (χ0) is 16.0. The number of Topliss-reactive ketones (excluding diaryl/α,β-unsaturated/α-hetero) is 2. The van der Waals surface area contributed by atoms with Crippen LogP contribution in [0.2, 0.25) is 0 Å². The first kappa shape index (κ1) is 25.7. The minimum Gasteiger partial charge on any atom is -0.550 e. The predicted octanol–water partition coefficient (Wildman–Crippen LogP) is -3.44. The topological polar surface area (TPSA) is 155 Å². The molecule has 21 heavy (non-hydrogen) atoms. The Morgan fingerprint density at radius 3 is 1.19 bits per heavy atom. The number of hydrogen-bond donors (Lipinski definition) is 2. The average molecular weight is 428 g/mol. The van der Waals surface area contributed by atoms with Crippen molar-refractivity contribution in [2.75, 3.05) is 13.2 Å². The molecule has 0 aliphatic rings. The molecule has 116 valence electrons. The van der Waals surface area contributed by atoms with Crippen LogP contribution in [0.5, 0.6) is 0 Å². The van der Waals surface area contributed by atoms with Gasteiger partial charge in [0, 0.05) is 50.8 Å². The molecule has 0 aromatic rings. The van der Waals surface area contributed by atoms with Crippen molar-refractivity contribution in [3.63, 3.8) is 0 Å². The molecule has 0 fully saturated rings. The number of carboxylic acids is 2. The van der Waals surface area contributed by atoms with E-state index < -0.39 is 36.3 Å². The molecule has 0 atom stereocenters. The maximum atomic E-state index is 10.5. The Hall–Kier alpha value is -0.229. The smallest absolute Gasteiger partial charge is 0.550 e. The van der Waals surface area contributed by atoms with Crippen molar-refractivity contribution < 1.29 is 39.6 Å². The van der Waals surface area contributed by atoms with Crippen LogP contribution in [-0.4, -0.2) is 95.8 Å². The summed E-state index contributed by atoms with van der Waals surface area (Å²) in [5, 5.41) is 36.0. The summed E-state index contributed by atoms with van der Waals surface area (Å²) in [6.07, 6.45) is -0.201. The summed E-state index contributed by atoms with van der Waals surface area (Å²) in [4.78, 5) is 40.5. The van der Waals surface area contributed by atoms with Crippen LogP contribution in [0.3, 0.4) is 0 Å². The van der Waals surface area contributed by atoms with E-state index in [1.165, 1.54) is 0 Å². The molecule has 0 saturated heterocycles. The molecule has 0 bridgehead atoms. The molecule has 0 spiro atoms. The van der Waals surface area contributed by atoms with Crippen molar-refractivity contribution in [1.82, 2.24) is 0 Å². The van der Waals surface area contributed by atoms with Gasteiger partial charge in [0.15, 0.2) is 0 Å². The minimum absolute atomic E-state index is 0. The van der Waals surface area contributed by atoms with Gasteiger partial charge >= 0.3 is 48.9 Å². The molecule has 0 heterocycles. The predicted molar refractivity (Wildman–Crippen MR) is 67.7 cm³/mol. The molecular weight excluding hydrogens is 409 g/mol. The quantitative estimate of drug-likeness (QED) is 0.269. The molecule has 8 nitrogen and oxygen atoms in total. The number of aliphatic hydroxyl groups is 2. The molecule has 2 N–H and O–H groups in total. The molecule has 0 unspecified atom stereocenters. The molecule has 0 radical (unpaired) electrons. The maximum absolute atomic E-state index is 10.5. The standard InChI is InChI=1S/2C6H10O4.Ba/c2*7-3-1-2-5(8)4-6(9)10;/h2*7H,1-4H2,(H,9,10);/q;;+2/p-2. The largest absolute Gasteiger partial charge is 2.00 e. The van der Waals surface area contributed by atoms with Gasteiger partial charge in [0.1, 0.15) is 11.6 Å². The molecule has 9 heteroatoms. The van der Waals surface area contributed by atoms with E-state index in [1.54, 1.807) is 0 Å². The monoisotopic (exact) mass is 428 g/mol. The van der Waals surface area contributed by atoms with Crippen molar-refractivity contribution in [3.05, 3.63) is 0 Å². The van der Waals surface area contributed by atoms with E-state index in [0.717, 1.165) is 0 Å². The summed E-state index contributed by atoms with van der Waals surface area (Å²) >= 11 is 0. The zero-order valence-electron chi connectivity index (χ0n) is 11.7. The second-order valence-corrected chi connectivity index (χ2v) is 3.83. The molecule has 0 aromatic heterocycles. The number of rotatable bonds is 10. The summed E-state index contributed by atoms with van der Waals surface area (Å²) in [7, 11) is 0. The van der Waals surface area contributed by atoms with Gasteiger partial charge in [-0.05, 0) is 12.8 Å². The SMILES string of the molecule is O=C([O-])CC(=O)CCCO.O=C([O-])CC(=O)CCCO.[Ba+2]. The Bertz CT molecular complexity index is 297. The van der Waals surface area contributed by atoms with Crippen molar-refractivity contribution >= 4 is 72.4 Å². The molecular formula is C12H18BaO8. The van der Waals surface area contributed by atoms with Crippen molar-refractivity contribution in [1.29, 1.82) is 0 Å². The second-order valence-electron chi connectivity index (χ2n) is 3.83. The van der Waals surface area contributed by atoms with Crippen LogP contribution in [0.15, 0.2) is 0 Å². The zero-order valence-corrected chi connectivity index (χ0v) is 16.1. The first-order chi connectivity index (χ1) is 9.33. The van der Waals surface area contributed by atoms with Gasteiger partial charge < -0.3 is 30.0 Å². The van der Waals surface area contributed by atoms with Crippen LogP contribution in [0.4, 0.5) is 0 Å². The number of aliphatic carboxylic acids is 2. The molecule has 0 aliphatic carbocycles. The van der Waals surface area contributed by atoms with Gasteiger partial charge in [-0.3, -0.25) is 9.59 Å². The van der Waals surface area contributed by atoms with Crippen LogP contribution in [0.1, 0.15) is 38.5 Å². The van der Waals surface area contributed by atoms with Gasteiger partial charge in [-0.25, -0.2) is 0 Å². The van der Waals surface area contributed by atoms with E-state index in [0.29, 0.717) is 12.8 Å². The van der Waals surface area contributed by atoms with Gasteiger partial charge in [0.05, 0.1) is 0 Å². The summed E-state index contributed by atoms with van der Waals surface area (Å²) in [5.41, 5.74) is 0. The van der Waals surface area contributed by atoms with Crippen LogP contribution in [-0.2, 0) is 19.2 Å². The second kappa shape index (κ2) is 17.8. The first-order valence-corrected chi connectivity index (χ1v) is 5.98. The first-order valence-electron chi connectivity index (χ1n) is 5.98. The van der Waals surface area contributed by atoms with E-state index in [2.05, 4.69) is 0 Å². The fourth-order valence-corrected chi connectivity index (χ4v) is 1.05. The number of aliphatic hydroxyl groups excluding tert-OH is 2. The number of ketones is 2. The summed E-state index contributed by atoms with van der Waals surface area (Å²) < 4.78 is 0. The normalized spacial score (nSPS) is 8.86.